The summed E-state index contributed by atoms with van der Waals surface area (Å²) >= 11 is 2.98. The Morgan fingerprint density at radius 3 is 2.56 bits per heavy atom. The molecule has 104 valence electrons. The third-order valence-corrected chi connectivity index (χ3v) is 4.77. The molecule has 0 saturated heterocycles. The molecule has 0 aliphatic carbocycles. The number of halogens is 3. The molecule has 0 fully saturated rings. The molecule has 8 heteroatoms. The Labute approximate surface area is 121 Å². The van der Waals surface area contributed by atoms with Gasteiger partial charge in [0, 0.05) is 20.1 Å². The number of hydrogen-bond acceptors (Lipinski definition) is 3. The fourth-order valence-electron chi connectivity index (χ4n) is 1.21. The molecule has 1 aromatic rings. The third kappa shape index (κ3) is 4.17. The molecule has 0 amide bonds. The molecule has 0 radical (unpaired) electrons. The topological polar surface area (TPSA) is 49.4 Å². The second-order valence-electron chi connectivity index (χ2n) is 3.51. The molecule has 1 aromatic carbocycles. The highest BCUT2D eigenvalue weighted by atomic mass is 79.9. The molecular formula is C10H15BrClFN2O2S. The van der Waals surface area contributed by atoms with E-state index >= 15 is 0 Å². The van der Waals surface area contributed by atoms with Gasteiger partial charge in [0.1, 0.15) is 5.82 Å². The second kappa shape index (κ2) is 7.40. The van der Waals surface area contributed by atoms with E-state index < -0.39 is 15.8 Å². The van der Waals surface area contributed by atoms with Crippen LogP contribution in [0.3, 0.4) is 0 Å². The summed E-state index contributed by atoms with van der Waals surface area (Å²) in [5, 5.41) is 2.85. The first-order valence-electron chi connectivity index (χ1n) is 4.95. The summed E-state index contributed by atoms with van der Waals surface area (Å²) in [6.45, 7) is 0.866. The zero-order valence-electron chi connectivity index (χ0n) is 9.98. The Balaban J connectivity index is 0.00000289. The number of nitrogens with one attached hydrogen (secondary N) is 1. The lowest BCUT2D eigenvalue weighted by Gasteiger charge is -2.17. The van der Waals surface area contributed by atoms with Crippen molar-refractivity contribution in [3.05, 3.63) is 28.5 Å². The van der Waals surface area contributed by atoms with Crippen LogP contribution in [-0.2, 0) is 10.0 Å². The van der Waals surface area contributed by atoms with Gasteiger partial charge in [-0.25, -0.2) is 12.8 Å². The predicted molar refractivity (Wildman–Crippen MR) is 75.1 cm³/mol. The number of rotatable bonds is 5. The molecule has 0 aliphatic rings. The molecular weight excluding hydrogens is 347 g/mol. The first-order chi connectivity index (χ1) is 7.89. The summed E-state index contributed by atoms with van der Waals surface area (Å²) in [6, 6.07) is 3.77. The minimum Gasteiger partial charge on any atom is -0.318 e. The highest BCUT2D eigenvalue weighted by Crippen LogP contribution is 2.21. The zero-order valence-corrected chi connectivity index (χ0v) is 13.2. The van der Waals surface area contributed by atoms with Crippen LogP contribution in [0, 0.1) is 5.82 Å². The van der Waals surface area contributed by atoms with Crippen molar-refractivity contribution in [3.63, 3.8) is 0 Å². The minimum absolute atomic E-state index is 0. The number of nitrogens with zero attached hydrogens (tertiary/aromatic N) is 1. The summed E-state index contributed by atoms with van der Waals surface area (Å²) in [7, 11) is -0.417. The van der Waals surface area contributed by atoms with Crippen LogP contribution in [0.25, 0.3) is 0 Å². The van der Waals surface area contributed by atoms with E-state index in [2.05, 4.69) is 21.2 Å². The van der Waals surface area contributed by atoms with E-state index in [0.29, 0.717) is 13.1 Å². The molecule has 18 heavy (non-hydrogen) atoms. The zero-order chi connectivity index (χ0) is 13.1. The van der Waals surface area contributed by atoms with Crippen molar-refractivity contribution in [2.75, 3.05) is 27.2 Å². The molecule has 4 nitrogen and oxygen atoms in total. The van der Waals surface area contributed by atoms with E-state index in [9.17, 15) is 12.8 Å². The maximum Gasteiger partial charge on any atom is 0.242 e. The first-order valence-corrected chi connectivity index (χ1v) is 7.19. The van der Waals surface area contributed by atoms with Gasteiger partial charge in [-0.1, -0.05) is 0 Å². The summed E-state index contributed by atoms with van der Waals surface area (Å²) < 4.78 is 38.7. The Hall–Kier alpha value is -0.210. The largest absolute Gasteiger partial charge is 0.318 e. The van der Waals surface area contributed by atoms with Gasteiger partial charge in [0.25, 0.3) is 0 Å². The summed E-state index contributed by atoms with van der Waals surface area (Å²) in [5.41, 5.74) is 0. The van der Waals surface area contributed by atoms with Crippen molar-refractivity contribution < 1.29 is 12.8 Å². The van der Waals surface area contributed by atoms with Crippen molar-refractivity contribution in [2.24, 2.45) is 0 Å². The standard InChI is InChI=1S/C10H14BrFN2O2S.ClH/c1-13-5-6-14(2)17(15,16)8-3-4-9(11)10(12)7-8;/h3-4,7,13H,5-6H2,1-2H3;1H. The lowest BCUT2D eigenvalue weighted by molar-refractivity contribution is 0.465. The van der Waals surface area contributed by atoms with Crippen LogP contribution in [0.1, 0.15) is 0 Å². The van der Waals surface area contributed by atoms with Gasteiger partial charge < -0.3 is 5.32 Å². The maximum absolute atomic E-state index is 13.3. The highest BCUT2D eigenvalue weighted by molar-refractivity contribution is 9.10. The molecule has 0 saturated carbocycles. The van der Waals surface area contributed by atoms with E-state index in [1.165, 1.54) is 23.5 Å². The molecule has 0 unspecified atom stereocenters. The van der Waals surface area contributed by atoms with Crippen LogP contribution < -0.4 is 5.32 Å². The van der Waals surface area contributed by atoms with Gasteiger partial charge in [0.2, 0.25) is 10.0 Å². The Kier molecular flexibility index (Phi) is 7.31. The average Bonchev–Trinajstić information content (AvgIpc) is 2.29. The first kappa shape index (κ1) is 17.8. The number of sulfonamides is 1. The Morgan fingerprint density at radius 1 is 1.44 bits per heavy atom. The molecule has 0 heterocycles. The molecule has 1 rings (SSSR count). The maximum atomic E-state index is 13.3. The Morgan fingerprint density at radius 2 is 2.06 bits per heavy atom. The monoisotopic (exact) mass is 360 g/mol. The lowest BCUT2D eigenvalue weighted by atomic mass is 10.3. The predicted octanol–water partition coefficient (Wildman–Crippen LogP) is 1.85. The van der Waals surface area contributed by atoms with Crippen molar-refractivity contribution in [2.45, 2.75) is 4.90 Å². The van der Waals surface area contributed by atoms with Crippen LogP contribution in [-0.4, -0.2) is 39.9 Å². The smallest absolute Gasteiger partial charge is 0.242 e. The summed E-state index contributed by atoms with van der Waals surface area (Å²) in [5.74, 6) is -0.590. The molecule has 0 aliphatic heterocycles. The van der Waals surface area contributed by atoms with Crippen molar-refractivity contribution in [1.29, 1.82) is 0 Å². The van der Waals surface area contributed by atoms with Crippen LogP contribution in [0.5, 0.6) is 0 Å². The molecule has 0 spiro atoms. The SMILES string of the molecule is CNCCN(C)S(=O)(=O)c1ccc(Br)c(F)c1.Cl. The van der Waals surface area contributed by atoms with Crippen LogP contribution in [0.2, 0.25) is 0 Å². The van der Waals surface area contributed by atoms with Gasteiger partial charge in [-0.3, -0.25) is 0 Å². The lowest BCUT2D eigenvalue weighted by Crippen LogP contribution is -2.32. The second-order valence-corrected chi connectivity index (χ2v) is 6.41. The van der Waals surface area contributed by atoms with Crippen LogP contribution in [0.4, 0.5) is 4.39 Å². The average molecular weight is 362 g/mol. The summed E-state index contributed by atoms with van der Waals surface area (Å²) in [4.78, 5) is -0.0446. The normalized spacial score (nSPS) is 11.4. The Bertz CT molecular complexity index is 499. The van der Waals surface area contributed by atoms with Crippen LogP contribution in [0.15, 0.2) is 27.6 Å². The number of likely N-dealkylation sites (N-methyl/N-ethyl adjacent to an activating group) is 2. The quantitative estimate of drug-likeness (QED) is 0.871. The van der Waals surface area contributed by atoms with E-state index in [1.807, 2.05) is 0 Å². The van der Waals surface area contributed by atoms with Gasteiger partial charge in [-0.05, 0) is 41.2 Å². The fourth-order valence-corrected chi connectivity index (χ4v) is 2.64. The van der Waals surface area contributed by atoms with Gasteiger partial charge in [-0.2, -0.15) is 4.31 Å². The van der Waals surface area contributed by atoms with Crippen molar-refractivity contribution in [3.8, 4) is 0 Å². The van der Waals surface area contributed by atoms with Gasteiger partial charge >= 0.3 is 0 Å². The van der Waals surface area contributed by atoms with Crippen molar-refractivity contribution in [1.82, 2.24) is 9.62 Å². The van der Waals surface area contributed by atoms with Crippen LogP contribution >= 0.6 is 28.3 Å². The third-order valence-electron chi connectivity index (χ3n) is 2.28. The van der Waals surface area contributed by atoms with Gasteiger partial charge in [0.15, 0.2) is 0 Å². The highest BCUT2D eigenvalue weighted by Gasteiger charge is 2.21. The van der Waals surface area contributed by atoms with E-state index in [1.54, 1.807) is 7.05 Å². The summed E-state index contributed by atoms with van der Waals surface area (Å²) in [6.07, 6.45) is 0. The van der Waals surface area contributed by atoms with Crippen molar-refractivity contribution >= 4 is 38.4 Å². The molecule has 0 bridgehead atoms. The molecule has 0 aromatic heterocycles. The minimum atomic E-state index is -3.62. The number of hydrogen-bond donors (Lipinski definition) is 1. The molecule has 1 N–H and O–H groups in total. The fraction of sp³-hybridized carbons (Fsp3) is 0.400. The van der Waals surface area contributed by atoms with E-state index in [-0.39, 0.29) is 21.8 Å². The van der Waals surface area contributed by atoms with E-state index in [0.717, 1.165) is 6.07 Å². The van der Waals surface area contributed by atoms with Gasteiger partial charge in [0.05, 0.1) is 9.37 Å². The van der Waals surface area contributed by atoms with E-state index in [4.69, 9.17) is 0 Å². The molecule has 0 atom stereocenters. The van der Waals surface area contributed by atoms with Gasteiger partial charge in [-0.15, -0.1) is 12.4 Å². The number of benzene rings is 1.